The van der Waals surface area contributed by atoms with Gasteiger partial charge in [-0.3, -0.25) is 4.79 Å². The quantitative estimate of drug-likeness (QED) is 0.734. The average molecular weight is 299 g/mol. The Morgan fingerprint density at radius 3 is 2.91 bits per heavy atom. The zero-order chi connectivity index (χ0) is 15.5. The van der Waals surface area contributed by atoms with Crippen molar-refractivity contribution >= 4 is 22.8 Å². The molecule has 2 heterocycles. The molecule has 0 saturated carbocycles. The maximum Gasteiger partial charge on any atom is 0.244 e. The molecule has 0 aliphatic carbocycles. The van der Waals surface area contributed by atoms with E-state index in [-0.39, 0.29) is 18.4 Å². The van der Waals surface area contributed by atoms with Crippen molar-refractivity contribution in [2.24, 2.45) is 0 Å². The predicted molar refractivity (Wildman–Crippen MR) is 81.8 cm³/mol. The van der Waals surface area contributed by atoms with Crippen LogP contribution in [0.3, 0.4) is 0 Å². The van der Waals surface area contributed by atoms with Gasteiger partial charge in [0.25, 0.3) is 0 Å². The molecule has 1 amide bonds. The lowest BCUT2D eigenvalue weighted by molar-refractivity contribution is -0.130. The fourth-order valence-electron chi connectivity index (χ4n) is 2.29. The fourth-order valence-corrected chi connectivity index (χ4v) is 2.29. The molecule has 8 heteroatoms. The fraction of sp³-hybridized carbons (Fsp3) is 0.286. The summed E-state index contributed by atoms with van der Waals surface area (Å²) in [5.74, 6) is 0.0496. The van der Waals surface area contributed by atoms with Crippen LogP contribution in [0.1, 0.15) is 0 Å². The first-order chi connectivity index (χ1) is 10.6. The van der Waals surface area contributed by atoms with E-state index >= 15 is 0 Å². The van der Waals surface area contributed by atoms with Crippen LogP contribution in [0.4, 0.5) is 5.95 Å². The highest BCUT2D eigenvalue weighted by atomic mass is 16.2. The number of anilines is 1. The van der Waals surface area contributed by atoms with Gasteiger partial charge in [-0.2, -0.15) is 0 Å². The topological polar surface area (TPSA) is 94.9 Å². The molecule has 8 nitrogen and oxygen atoms in total. The molecule has 0 unspecified atom stereocenters. The van der Waals surface area contributed by atoms with Crippen molar-refractivity contribution in [1.29, 1.82) is 0 Å². The summed E-state index contributed by atoms with van der Waals surface area (Å²) in [6.45, 7) is 1.36. The van der Waals surface area contributed by atoms with Gasteiger partial charge < -0.3 is 15.2 Å². The highest BCUT2D eigenvalue weighted by Crippen LogP contribution is 2.14. The first kappa shape index (κ1) is 14.1. The number of benzene rings is 1. The molecule has 114 valence electrons. The molecule has 0 fully saturated rings. The number of likely N-dealkylation sites (N-methyl/N-ethyl adjacent to an activating group) is 1. The third-order valence-electron chi connectivity index (χ3n) is 3.63. The van der Waals surface area contributed by atoms with Gasteiger partial charge in [-0.1, -0.05) is 23.3 Å². The standard InChI is InChI=1S/C14H17N7O/c1-19(13(22)10-21-14(15)16-17-18-21)8-9-20-7-6-11-4-2-3-5-12(11)20/h2-7H,8-10H2,1H3,(H2,15,16,18). The van der Waals surface area contributed by atoms with E-state index < -0.39 is 0 Å². The van der Waals surface area contributed by atoms with Crippen molar-refractivity contribution in [2.45, 2.75) is 13.1 Å². The van der Waals surface area contributed by atoms with E-state index in [9.17, 15) is 4.79 Å². The summed E-state index contributed by atoms with van der Waals surface area (Å²) in [6.07, 6.45) is 2.03. The lowest BCUT2D eigenvalue weighted by Crippen LogP contribution is -2.33. The molecule has 2 aromatic heterocycles. The summed E-state index contributed by atoms with van der Waals surface area (Å²) in [4.78, 5) is 13.8. The SMILES string of the molecule is CN(CCn1ccc2ccccc21)C(=O)Cn1nnnc1N. The minimum Gasteiger partial charge on any atom is -0.367 e. The zero-order valence-electron chi connectivity index (χ0n) is 12.3. The van der Waals surface area contributed by atoms with Crippen molar-refractivity contribution < 1.29 is 4.79 Å². The number of rotatable bonds is 5. The number of hydrogen-bond donors (Lipinski definition) is 1. The van der Waals surface area contributed by atoms with Crippen molar-refractivity contribution in [3.63, 3.8) is 0 Å². The second-order valence-electron chi connectivity index (χ2n) is 5.08. The number of nitrogens with two attached hydrogens (primary N) is 1. The molecule has 3 rings (SSSR count). The summed E-state index contributed by atoms with van der Waals surface area (Å²) >= 11 is 0. The Kier molecular flexibility index (Phi) is 3.73. The molecule has 0 atom stereocenters. The first-order valence-electron chi connectivity index (χ1n) is 6.94. The highest BCUT2D eigenvalue weighted by Gasteiger charge is 2.12. The van der Waals surface area contributed by atoms with Crippen LogP contribution in [-0.2, 0) is 17.9 Å². The lowest BCUT2D eigenvalue weighted by Gasteiger charge is -2.17. The largest absolute Gasteiger partial charge is 0.367 e. The number of nitrogens with zero attached hydrogens (tertiary/aromatic N) is 6. The van der Waals surface area contributed by atoms with Gasteiger partial charge in [-0.05, 0) is 27.9 Å². The van der Waals surface area contributed by atoms with Crippen LogP contribution in [0.15, 0.2) is 36.5 Å². The second-order valence-corrected chi connectivity index (χ2v) is 5.08. The molecule has 3 aromatic rings. The van der Waals surface area contributed by atoms with Crippen LogP contribution in [0, 0.1) is 0 Å². The van der Waals surface area contributed by atoms with E-state index in [0.29, 0.717) is 6.54 Å². The van der Waals surface area contributed by atoms with Gasteiger partial charge in [0.05, 0.1) is 0 Å². The number of carbonyl (C=O) groups is 1. The molecule has 0 bridgehead atoms. The lowest BCUT2D eigenvalue weighted by atomic mass is 10.2. The number of hydrogen-bond acceptors (Lipinski definition) is 5. The van der Waals surface area contributed by atoms with E-state index in [1.165, 1.54) is 10.1 Å². The molecule has 0 saturated heterocycles. The van der Waals surface area contributed by atoms with E-state index in [1.54, 1.807) is 11.9 Å². The Morgan fingerprint density at radius 2 is 2.14 bits per heavy atom. The summed E-state index contributed by atoms with van der Waals surface area (Å²) in [6, 6.07) is 10.2. The molecule has 0 spiro atoms. The van der Waals surface area contributed by atoms with Gasteiger partial charge in [0.15, 0.2) is 0 Å². The maximum absolute atomic E-state index is 12.1. The average Bonchev–Trinajstić information content (AvgIpc) is 3.11. The van der Waals surface area contributed by atoms with E-state index in [1.807, 2.05) is 18.3 Å². The third kappa shape index (κ3) is 2.76. The number of fused-ring (bicyclic) bond motifs is 1. The second kappa shape index (κ2) is 5.84. The Bertz CT molecular complexity index is 791. The Labute approximate surface area is 127 Å². The maximum atomic E-state index is 12.1. The number of nitrogen functional groups attached to an aromatic ring is 1. The molecule has 22 heavy (non-hydrogen) atoms. The molecule has 0 aliphatic heterocycles. The Morgan fingerprint density at radius 1 is 1.32 bits per heavy atom. The number of aromatic nitrogens is 5. The summed E-state index contributed by atoms with van der Waals surface area (Å²) in [5, 5.41) is 11.8. The van der Waals surface area contributed by atoms with Gasteiger partial charge in [0, 0.05) is 31.9 Å². The minimum atomic E-state index is -0.0875. The highest BCUT2D eigenvalue weighted by molar-refractivity contribution is 5.80. The molecule has 0 radical (unpaired) electrons. The number of carbonyl (C=O) groups excluding carboxylic acids is 1. The minimum absolute atomic E-state index is 0.0434. The van der Waals surface area contributed by atoms with Gasteiger partial charge in [0.2, 0.25) is 11.9 Å². The van der Waals surface area contributed by atoms with E-state index in [4.69, 9.17) is 5.73 Å². The zero-order valence-corrected chi connectivity index (χ0v) is 12.3. The summed E-state index contributed by atoms with van der Waals surface area (Å²) in [7, 11) is 1.76. The van der Waals surface area contributed by atoms with Gasteiger partial charge in [0.1, 0.15) is 6.54 Å². The Balaban J connectivity index is 1.61. The van der Waals surface area contributed by atoms with Crippen LogP contribution in [0.2, 0.25) is 0 Å². The van der Waals surface area contributed by atoms with Crippen molar-refractivity contribution in [2.75, 3.05) is 19.3 Å². The van der Waals surface area contributed by atoms with Crippen LogP contribution in [0.5, 0.6) is 0 Å². The monoisotopic (exact) mass is 299 g/mol. The van der Waals surface area contributed by atoms with Crippen molar-refractivity contribution in [1.82, 2.24) is 29.7 Å². The van der Waals surface area contributed by atoms with Crippen LogP contribution in [-0.4, -0.2) is 49.2 Å². The molecular weight excluding hydrogens is 282 g/mol. The van der Waals surface area contributed by atoms with Crippen LogP contribution in [0.25, 0.3) is 10.9 Å². The normalized spacial score (nSPS) is 11.0. The molecular formula is C14H17N7O. The van der Waals surface area contributed by atoms with Crippen molar-refractivity contribution in [3.8, 4) is 0 Å². The summed E-state index contributed by atoms with van der Waals surface area (Å²) < 4.78 is 3.41. The van der Waals surface area contributed by atoms with E-state index in [2.05, 4.69) is 38.3 Å². The number of amides is 1. The van der Waals surface area contributed by atoms with Gasteiger partial charge >= 0.3 is 0 Å². The smallest absolute Gasteiger partial charge is 0.244 e. The molecule has 0 aliphatic rings. The first-order valence-corrected chi connectivity index (χ1v) is 6.94. The third-order valence-corrected chi connectivity index (χ3v) is 3.63. The van der Waals surface area contributed by atoms with E-state index in [0.717, 1.165) is 12.1 Å². The molecule has 2 N–H and O–H groups in total. The van der Waals surface area contributed by atoms with Gasteiger partial charge in [-0.15, -0.1) is 0 Å². The van der Waals surface area contributed by atoms with Gasteiger partial charge in [-0.25, -0.2) is 4.68 Å². The summed E-state index contributed by atoms with van der Waals surface area (Å²) in [5.41, 5.74) is 6.71. The predicted octanol–water partition coefficient (Wildman–Crippen LogP) is 0.369. The number of para-hydroxylation sites is 1. The molecule has 1 aromatic carbocycles. The van der Waals surface area contributed by atoms with Crippen molar-refractivity contribution in [3.05, 3.63) is 36.5 Å². The Hall–Kier alpha value is -2.90. The number of tetrazole rings is 1. The van der Waals surface area contributed by atoms with Crippen LogP contribution >= 0.6 is 0 Å². The van der Waals surface area contributed by atoms with Crippen LogP contribution < -0.4 is 5.73 Å².